The molecule has 0 atom stereocenters. The molecule has 0 bridgehead atoms. The summed E-state index contributed by atoms with van der Waals surface area (Å²) in [5.74, 6) is 0. The summed E-state index contributed by atoms with van der Waals surface area (Å²) in [6, 6.07) is 0. The van der Waals surface area contributed by atoms with Crippen LogP contribution >= 0.6 is 0 Å². The first-order valence-electron chi connectivity index (χ1n) is 2.66. The van der Waals surface area contributed by atoms with Gasteiger partial charge >= 0.3 is 0 Å². The van der Waals surface area contributed by atoms with E-state index < -0.39 is 0 Å². The highest BCUT2D eigenvalue weighted by atomic mass is 15.1. The van der Waals surface area contributed by atoms with Gasteiger partial charge in [0.15, 0.2) is 0 Å². The van der Waals surface area contributed by atoms with Gasteiger partial charge in [0.2, 0.25) is 0 Å². The van der Waals surface area contributed by atoms with Crippen molar-refractivity contribution >= 4 is 6.34 Å². The van der Waals surface area contributed by atoms with Gasteiger partial charge in [-0.25, -0.2) is 0 Å². The highest BCUT2D eigenvalue weighted by Gasteiger charge is 1.73. The molecule has 0 saturated heterocycles. The standard InChI is InChI=1S/C5H10N2.C2H4/c1-3-4-7(2)5-6;1-2/h3-6H,1-2H3;1-2H2/b4-3-,6-5?;. The van der Waals surface area contributed by atoms with Crippen molar-refractivity contribution in [2.45, 2.75) is 6.92 Å². The summed E-state index contributed by atoms with van der Waals surface area (Å²) >= 11 is 0. The minimum Gasteiger partial charge on any atom is -0.343 e. The molecule has 0 aliphatic carbocycles. The van der Waals surface area contributed by atoms with E-state index in [0.29, 0.717) is 0 Å². The van der Waals surface area contributed by atoms with Crippen LogP contribution in [0.15, 0.2) is 25.4 Å². The Labute approximate surface area is 57.0 Å². The zero-order chi connectivity index (χ0) is 7.70. The summed E-state index contributed by atoms with van der Waals surface area (Å²) in [4.78, 5) is 1.67. The van der Waals surface area contributed by atoms with E-state index in [9.17, 15) is 0 Å². The first-order chi connectivity index (χ1) is 4.31. The monoisotopic (exact) mass is 126 g/mol. The Hall–Kier alpha value is -1.05. The van der Waals surface area contributed by atoms with Gasteiger partial charge in [-0.05, 0) is 6.92 Å². The molecule has 0 aromatic carbocycles. The summed E-state index contributed by atoms with van der Waals surface area (Å²) in [6.07, 6.45) is 4.94. The van der Waals surface area contributed by atoms with Crippen LogP contribution in [-0.4, -0.2) is 18.3 Å². The third kappa shape index (κ3) is 10.9. The Morgan fingerprint density at radius 1 is 1.44 bits per heavy atom. The van der Waals surface area contributed by atoms with Crippen molar-refractivity contribution in [3.05, 3.63) is 25.4 Å². The average molecular weight is 126 g/mol. The Morgan fingerprint density at radius 3 is 2.00 bits per heavy atom. The van der Waals surface area contributed by atoms with Gasteiger partial charge in [0.1, 0.15) is 0 Å². The molecule has 52 valence electrons. The lowest BCUT2D eigenvalue weighted by Gasteiger charge is -2.00. The number of nitrogens with zero attached hydrogens (tertiary/aromatic N) is 1. The van der Waals surface area contributed by atoms with E-state index in [1.165, 1.54) is 6.34 Å². The summed E-state index contributed by atoms with van der Waals surface area (Å²) in [6.45, 7) is 7.92. The van der Waals surface area contributed by atoms with Crippen molar-refractivity contribution in [1.82, 2.24) is 4.90 Å². The van der Waals surface area contributed by atoms with Gasteiger partial charge < -0.3 is 4.90 Å². The predicted molar refractivity (Wildman–Crippen MR) is 42.6 cm³/mol. The van der Waals surface area contributed by atoms with Crippen LogP contribution < -0.4 is 0 Å². The van der Waals surface area contributed by atoms with E-state index in [4.69, 9.17) is 5.41 Å². The normalized spacial score (nSPS) is 7.78. The topological polar surface area (TPSA) is 27.1 Å². The van der Waals surface area contributed by atoms with Crippen LogP contribution in [0, 0.1) is 5.41 Å². The Kier molecular flexibility index (Phi) is 12.1. The lowest BCUT2D eigenvalue weighted by Crippen LogP contribution is -2.04. The van der Waals surface area contributed by atoms with Gasteiger partial charge in [-0.1, -0.05) is 6.08 Å². The molecule has 0 heterocycles. The number of rotatable bonds is 2. The molecular weight excluding hydrogens is 112 g/mol. The molecule has 0 aliphatic heterocycles. The molecule has 2 nitrogen and oxygen atoms in total. The lowest BCUT2D eigenvalue weighted by molar-refractivity contribution is 0.704. The number of allylic oxidation sites excluding steroid dienone is 1. The highest BCUT2D eigenvalue weighted by Crippen LogP contribution is 1.74. The van der Waals surface area contributed by atoms with Gasteiger partial charge in [0.25, 0.3) is 0 Å². The Balaban J connectivity index is 0. The third-order valence-corrected chi connectivity index (χ3v) is 0.588. The Morgan fingerprint density at radius 2 is 1.89 bits per heavy atom. The second-order valence-electron chi connectivity index (χ2n) is 1.28. The third-order valence-electron chi connectivity index (χ3n) is 0.588. The second-order valence-corrected chi connectivity index (χ2v) is 1.28. The van der Waals surface area contributed by atoms with Crippen molar-refractivity contribution in [1.29, 1.82) is 5.41 Å². The summed E-state index contributed by atoms with van der Waals surface area (Å²) in [5.41, 5.74) is 0. The quantitative estimate of drug-likeness (QED) is 0.341. The smallest absolute Gasteiger partial charge is 0.0854 e. The molecule has 0 radical (unpaired) electrons. The van der Waals surface area contributed by atoms with E-state index in [-0.39, 0.29) is 0 Å². The maximum absolute atomic E-state index is 6.66. The summed E-state index contributed by atoms with van der Waals surface area (Å²) in [7, 11) is 1.81. The molecule has 0 rings (SSSR count). The number of hydrogen-bond acceptors (Lipinski definition) is 1. The van der Waals surface area contributed by atoms with Gasteiger partial charge in [-0.15, -0.1) is 13.2 Å². The second kappa shape index (κ2) is 10.0. The van der Waals surface area contributed by atoms with Crippen molar-refractivity contribution in [3.63, 3.8) is 0 Å². The van der Waals surface area contributed by atoms with E-state index in [0.717, 1.165) is 0 Å². The average Bonchev–Trinajstić information content (AvgIpc) is 1.93. The molecule has 0 aromatic heterocycles. The van der Waals surface area contributed by atoms with Crippen LogP contribution in [0.3, 0.4) is 0 Å². The van der Waals surface area contributed by atoms with E-state index in [2.05, 4.69) is 13.2 Å². The van der Waals surface area contributed by atoms with Crippen LogP contribution in [0.1, 0.15) is 6.92 Å². The largest absolute Gasteiger partial charge is 0.343 e. The molecule has 0 saturated carbocycles. The van der Waals surface area contributed by atoms with Crippen LogP contribution in [0.25, 0.3) is 0 Å². The highest BCUT2D eigenvalue weighted by molar-refractivity contribution is 5.51. The molecule has 0 spiro atoms. The van der Waals surface area contributed by atoms with Crippen LogP contribution in [-0.2, 0) is 0 Å². The van der Waals surface area contributed by atoms with E-state index >= 15 is 0 Å². The van der Waals surface area contributed by atoms with Gasteiger partial charge in [-0.3, -0.25) is 5.41 Å². The molecule has 0 aliphatic rings. The fourth-order valence-electron chi connectivity index (χ4n) is 0.278. The molecule has 0 aromatic rings. The molecule has 0 amide bonds. The van der Waals surface area contributed by atoms with Crippen molar-refractivity contribution < 1.29 is 0 Å². The molecule has 2 heteroatoms. The lowest BCUT2D eigenvalue weighted by atomic mass is 10.7. The van der Waals surface area contributed by atoms with Crippen molar-refractivity contribution in [3.8, 4) is 0 Å². The fourth-order valence-corrected chi connectivity index (χ4v) is 0.278. The maximum atomic E-state index is 6.66. The van der Waals surface area contributed by atoms with Crippen LogP contribution in [0.2, 0.25) is 0 Å². The minimum absolute atomic E-state index is 1.25. The van der Waals surface area contributed by atoms with E-state index in [1.807, 2.05) is 26.2 Å². The maximum Gasteiger partial charge on any atom is 0.0854 e. The van der Waals surface area contributed by atoms with Crippen molar-refractivity contribution in [2.75, 3.05) is 7.05 Å². The molecule has 9 heavy (non-hydrogen) atoms. The predicted octanol–water partition coefficient (Wildman–Crippen LogP) is 1.86. The van der Waals surface area contributed by atoms with Gasteiger partial charge in [0.05, 0.1) is 6.34 Å². The first kappa shape index (κ1) is 10.8. The summed E-state index contributed by atoms with van der Waals surface area (Å²) < 4.78 is 0. The van der Waals surface area contributed by atoms with Gasteiger partial charge in [-0.2, -0.15) is 0 Å². The zero-order valence-corrected chi connectivity index (χ0v) is 6.09. The molecule has 1 N–H and O–H groups in total. The zero-order valence-electron chi connectivity index (χ0n) is 6.09. The first-order valence-corrected chi connectivity index (χ1v) is 2.66. The molecule has 0 fully saturated rings. The minimum atomic E-state index is 1.25. The fraction of sp³-hybridized carbons (Fsp3) is 0.286. The van der Waals surface area contributed by atoms with Gasteiger partial charge in [0, 0.05) is 13.2 Å². The number of nitrogens with one attached hydrogen (secondary N) is 1. The SMILES string of the molecule is C/C=C\N(C)C=N.C=C. The molecule has 0 unspecified atom stereocenters. The molecular formula is C7H14N2. The van der Waals surface area contributed by atoms with E-state index in [1.54, 1.807) is 4.90 Å². The Bertz CT molecular complexity index is 86.9. The van der Waals surface area contributed by atoms with Crippen LogP contribution in [0.4, 0.5) is 0 Å². The number of hydrogen-bond donors (Lipinski definition) is 1. The van der Waals surface area contributed by atoms with Crippen molar-refractivity contribution in [2.24, 2.45) is 0 Å². The summed E-state index contributed by atoms with van der Waals surface area (Å²) in [5, 5.41) is 6.66. The van der Waals surface area contributed by atoms with Crippen LogP contribution in [0.5, 0.6) is 0 Å².